The van der Waals surface area contributed by atoms with Crippen molar-refractivity contribution in [1.29, 1.82) is 0 Å². The van der Waals surface area contributed by atoms with E-state index in [0.717, 1.165) is 29.9 Å². The average Bonchev–Trinajstić information content (AvgIpc) is 2.55. The van der Waals surface area contributed by atoms with E-state index in [-0.39, 0.29) is 24.4 Å². The van der Waals surface area contributed by atoms with Crippen molar-refractivity contribution in [2.75, 3.05) is 14.2 Å². The summed E-state index contributed by atoms with van der Waals surface area (Å²) in [5, 5.41) is 3.29. The topological polar surface area (TPSA) is 73.6 Å². The summed E-state index contributed by atoms with van der Waals surface area (Å²) in [7, 11) is 3.24. The van der Waals surface area contributed by atoms with Crippen LogP contribution in [0.1, 0.15) is 37.7 Å². The Bertz CT molecular complexity index is 582. The fourth-order valence-corrected chi connectivity index (χ4v) is 4.45. The van der Waals surface area contributed by atoms with Crippen LogP contribution in [0.3, 0.4) is 0 Å². The zero-order valence-corrected chi connectivity index (χ0v) is 15.8. The van der Waals surface area contributed by atoms with Gasteiger partial charge in [-0.2, -0.15) is 0 Å². The molecule has 3 N–H and O–H groups in total. The normalized spacial score (nSPS) is 27.8. The molecule has 140 valence electrons. The third kappa shape index (κ3) is 4.59. The fraction of sp³-hybridized carbons (Fsp3) is 0.632. The molecule has 3 rings (SSSR count). The zero-order valence-electron chi connectivity index (χ0n) is 15.0. The number of carbonyl (C=O) groups is 1. The van der Waals surface area contributed by atoms with Crippen LogP contribution in [-0.2, 0) is 11.2 Å². The third-order valence-corrected chi connectivity index (χ3v) is 5.54. The lowest BCUT2D eigenvalue weighted by atomic mass is 9.67. The molecule has 6 heteroatoms. The number of hydrogen-bond acceptors (Lipinski definition) is 4. The van der Waals surface area contributed by atoms with Crippen LogP contribution in [0, 0.1) is 11.8 Å². The van der Waals surface area contributed by atoms with Gasteiger partial charge in [-0.25, -0.2) is 0 Å². The third-order valence-electron chi connectivity index (χ3n) is 5.54. The summed E-state index contributed by atoms with van der Waals surface area (Å²) < 4.78 is 10.6. The fourth-order valence-electron chi connectivity index (χ4n) is 4.45. The van der Waals surface area contributed by atoms with Crippen molar-refractivity contribution in [3.8, 4) is 11.5 Å². The maximum absolute atomic E-state index is 12.6. The minimum atomic E-state index is 0. The molecule has 0 heterocycles. The molecule has 2 bridgehead atoms. The number of methoxy groups -OCH3 is 2. The number of benzene rings is 1. The lowest BCUT2D eigenvalue weighted by Crippen LogP contribution is -2.54. The van der Waals surface area contributed by atoms with Gasteiger partial charge in [-0.3, -0.25) is 4.79 Å². The van der Waals surface area contributed by atoms with Gasteiger partial charge in [0.15, 0.2) is 0 Å². The maximum atomic E-state index is 12.6. The molecule has 2 atom stereocenters. The summed E-state index contributed by atoms with van der Waals surface area (Å²) in [4.78, 5) is 12.6. The minimum absolute atomic E-state index is 0. The number of hydrogen-bond donors (Lipinski definition) is 2. The van der Waals surface area contributed by atoms with Crippen molar-refractivity contribution in [3.63, 3.8) is 0 Å². The molecule has 0 spiro atoms. The molecular formula is C19H29ClN2O3. The predicted molar refractivity (Wildman–Crippen MR) is 100 cm³/mol. The van der Waals surface area contributed by atoms with Crippen LogP contribution in [0.5, 0.6) is 11.5 Å². The molecule has 2 saturated carbocycles. The van der Waals surface area contributed by atoms with Gasteiger partial charge in [0.25, 0.3) is 0 Å². The second kappa shape index (κ2) is 8.77. The van der Waals surface area contributed by atoms with Crippen molar-refractivity contribution in [2.45, 2.75) is 50.6 Å². The first-order chi connectivity index (χ1) is 11.6. The monoisotopic (exact) mass is 368 g/mol. The van der Waals surface area contributed by atoms with Gasteiger partial charge in [0, 0.05) is 17.6 Å². The zero-order chi connectivity index (χ0) is 17.1. The Labute approximate surface area is 156 Å². The summed E-state index contributed by atoms with van der Waals surface area (Å²) in [6.45, 7) is 0. The maximum Gasteiger partial charge on any atom is 0.224 e. The van der Waals surface area contributed by atoms with Gasteiger partial charge in [-0.1, -0.05) is 6.42 Å². The summed E-state index contributed by atoms with van der Waals surface area (Å²) in [6.07, 6.45) is 5.99. The minimum Gasteiger partial charge on any atom is -0.497 e. The van der Waals surface area contributed by atoms with Crippen LogP contribution < -0.4 is 20.5 Å². The van der Waals surface area contributed by atoms with E-state index in [0.29, 0.717) is 24.3 Å². The van der Waals surface area contributed by atoms with Crippen LogP contribution >= 0.6 is 12.4 Å². The van der Waals surface area contributed by atoms with E-state index in [9.17, 15) is 4.79 Å². The number of rotatable bonds is 5. The standard InChI is InChI=1S/C19H28N2O3.ClH/c1-23-16-6-7-17(24-2)14(10-16)11-18(22)21-19-12-4-3-5-13(19)9-15(20)8-12;/h6-7,10,12-13,15,19H,3-5,8-9,11,20H2,1-2H3,(H,21,22);1H. The van der Waals surface area contributed by atoms with Crippen LogP contribution in [-0.4, -0.2) is 32.2 Å². The number of amides is 1. The molecule has 0 aromatic heterocycles. The summed E-state index contributed by atoms with van der Waals surface area (Å²) in [6, 6.07) is 6.13. The van der Waals surface area contributed by atoms with Crippen molar-refractivity contribution in [2.24, 2.45) is 17.6 Å². The van der Waals surface area contributed by atoms with E-state index in [2.05, 4.69) is 5.32 Å². The Kier molecular flexibility index (Phi) is 6.96. The molecule has 0 saturated heterocycles. The van der Waals surface area contributed by atoms with Gasteiger partial charge < -0.3 is 20.5 Å². The molecule has 2 unspecified atom stereocenters. The highest BCUT2D eigenvalue weighted by atomic mass is 35.5. The molecule has 0 aliphatic heterocycles. The van der Waals surface area contributed by atoms with Crippen molar-refractivity contribution < 1.29 is 14.3 Å². The molecule has 2 aliphatic rings. The first kappa shape index (κ1) is 19.9. The van der Waals surface area contributed by atoms with Gasteiger partial charge in [0.1, 0.15) is 11.5 Å². The quantitative estimate of drug-likeness (QED) is 0.838. The van der Waals surface area contributed by atoms with E-state index in [1.165, 1.54) is 19.3 Å². The van der Waals surface area contributed by atoms with Crippen LogP contribution in [0.4, 0.5) is 0 Å². The Morgan fingerprint density at radius 3 is 2.48 bits per heavy atom. The molecular weight excluding hydrogens is 340 g/mol. The molecule has 25 heavy (non-hydrogen) atoms. The molecule has 1 amide bonds. The van der Waals surface area contributed by atoms with Crippen LogP contribution in [0.15, 0.2) is 18.2 Å². The number of nitrogens with two attached hydrogens (primary N) is 1. The SMILES string of the molecule is COc1ccc(OC)c(CC(=O)NC2C3CCCC2CC(N)C3)c1.Cl. The van der Waals surface area contributed by atoms with E-state index < -0.39 is 0 Å². The first-order valence-corrected chi connectivity index (χ1v) is 8.86. The second-order valence-electron chi connectivity index (χ2n) is 7.13. The molecule has 2 aliphatic carbocycles. The van der Waals surface area contributed by atoms with Gasteiger partial charge in [-0.15, -0.1) is 12.4 Å². The Hall–Kier alpha value is -1.46. The van der Waals surface area contributed by atoms with Crippen LogP contribution in [0.2, 0.25) is 0 Å². The smallest absolute Gasteiger partial charge is 0.224 e. The number of nitrogens with one attached hydrogen (secondary N) is 1. The first-order valence-electron chi connectivity index (χ1n) is 8.86. The Morgan fingerprint density at radius 2 is 1.88 bits per heavy atom. The van der Waals surface area contributed by atoms with E-state index >= 15 is 0 Å². The second-order valence-corrected chi connectivity index (χ2v) is 7.13. The molecule has 5 nitrogen and oxygen atoms in total. The number of fused-ring (bicyclic) bond motifs is 2. The lowest BCUT2D eigenvalue weighted by molar-refractivity contribution is -0.122. The number of ether oxygens (including phenoxy) is 2. The molecule has 2 fully saturated rings. The highest BCUT2D eigenvalue weighted by molar-refractivity contribution is 5.85. The lowest BCUT2D eigenvalue weighted by Gasteiger charge is -2.45. The largest absolute Gasteiger partial charge is 0.497 e. The van der Waals surface area contributed by atoms with Crippen molar-refractivity contribution in [1.82, 2.24) is 5.32 Å². The summed E-state index contributed by atoms with van der Waals surface area (Å²) in [5.41, 5.74) is 7.02. The van der Waals surface area contributed by atoms with Crippen molar-refractivity contribution >= 4 is 18.3 Å². The molecule has 1 aromatic rings. The highest BCUT2D eigenvalue weighted by Gasteiger charge is 2.39. The van der Waals surface area contributed by atoms with Crippen LogP contribution in [0.25, 0.3) is 0 Å². The molecule has 0 radical (unpaired) electrons. The summed E-state index contributed by atoms with van der Waals surface area (Å²) >= 11 is 0. The Balaban J connectivity index is 0.00000225. The van der Waals surface area contributed by atoms with E-state index in [1.807, 2.05) is 18.2 Å². The van der Waals surface area contributed by atoms with Gasteiger partial charge in [-0.05, 0) is 55.7 Å². The van der Waals surface area contributed by atoms with Gasteiger partial charge in [0.05, 0.1) is 20.6 Å². The Morgan fingerprint density at radius 1 is 1.20 bits per heavy atom. The van der Waals surface area contributed by atoms with E-state index in [1.54, 1.807) is 14.2 Å². The number of halogens is 1. The van der Waals surface area contributed by atoms with Crippen molar-refractivity contribution in [3.05, 3.63) is 23.8 Å². The van der Waals surface area contributed by atoms with E-state index in [4.69, 9.17) is 15.2 Å². The highest BCUT2D eigenvalue weighted by Crippen LogP contribution is 2.39. The summed E-state index contributed by atoms with van der Waals surface area (Å²) in [5.74, 6) is 2.57. The molecule has 1 aromatic carbocycles. The average molecular weight is 369 g/mol. The number of carbonyl (C=O) groups excluding carboxylic acids is 1. The van der Waals surface area contributed by atoms with Gasteiger partial charge >= 0.3 is 0 Å². The van der Waals surface area contributed by atoms with Gasteiger partial charge in [0.2, 0.25) is 5.91 Å². The predicted octanol–water partition coefficient (Wildman–Crippen LogP) is 2.69.